The van der Waals surface area contributed by atoms with Gasteiger partial charge in [0.05, 0.1) is 0 Å². The van der Waals surface area contributed by atoms with Crippen LogP contribution in [0.15, 0.2) is 84.9 Å². The highest BCUT2D eigenvalue weighted by Crippen LogP contribution is 2.17. The second kappa shape index (κ2) is 16.4. The molecule has 0 nitrogen and oxygen atoms in total. The lowest BCUT2D eigenvalue weighted by molar-refractivity contribution is 1.15. The molecular formula is C29H44. The Morgan fingerprint density at radius 2 is 1.07 bits per heavy atom. The summed E-state index contributed by atoms with van der Waals surface area (Å²) in [6.07, 6.45) is 1.12. The molecule has 0 saturated carbocycles. The van der Waals surface area contributed by atoms with Gasteiger partial charge in [-0.05, 0) is 46.0 Å². The van der Waals surface area contributed by atoms with Gasteiger partial charge in [-0.25, -0.2) is 0 Å². The van der Waals surface area contributed by atoms with E-state index in [1.165, 1.54) is 32.7 Å². The van der Waals surface area contributed by atoms with E-state index < -0.39 is 0 Å². The Bertz CT molecular complexity index is 914. The van der Waals surface area contributed by atoms with Crippen molar-refractivity contribution in [2.75, 3.05) is 0 Å². The summed E-state index contributed by atoms with van der Waals surface area (Å²) in [4.78, 5) is 0. The van der Waals surface area contributed by atoms with Crippen molar-refractivity contribution in [1.82, 2.24) is 0 Å². The minimum absolute atomic E-state index is 0. The van der Waals surface area contributed by atoms with Crippen LogP contribution in [0.2, 0.25) is 0 Å². The van der Waals surface area contributed by atoms with Gasteiger partial charge in [-0.3, -0.25) is 0 Å². The number of rotatable bonds is 1. The van der Waals surface area contributed by atoms with Crippen LogP contribution in [0.1, 0.15) is 61.6 Å². The maximum absolute atomic E-state index is 2.26. The molecule has 4 aromatic rings. The minimum Gasteiger partial charge on any atom is -0.0776 e. The number of hydrogen-bond acceptors (Lipinski definition) is 0. The van der Waals surface area contributed by atoms with Crippen LogP contribution < -0.4 is 0 Å². The van der Waals surface area contributed by atoms with Crippen LogP contribution in [-0.4, -0.2) is 0 Å². The molecule has 0 radical (unpaired) electrons. The molecule has 0 unspecified atom stereocenters. The number of aryl methyl sites for hydroxylation is 2. The Balaban J connectivity index is -0.000000382. The van der Waals surface area contributed by atoms with E-state index in [2.05, 4.69) is 98.8 Å². The van der Waals surface area contributed by atoms with E-state index in [0.717, 1.165) is 6.42 Å². The van der Waals surface area contributed by atoms with Crippen molar-refractivity contribution >= 4 is 21.5 Å². The lowest BCUT2D eigenvalue weighted by atomic mass is 10.1. The van der Waals surface area contributed by atoms with E-state index in [1.54, 1.807) is 0 Å². The van der Waals surface area contributed by atoms with Crippen molar-refractivity contribution in [2.24, 2.45) is 0 Å². The molecule has 0 atom stereocenters. The summed E-state index contributed by atoms with van der Waals surface area (Å²) < 4.78 is 0. The second-order valence-corrected chi connectivity index (χ2v) is 5.83. The number of hydrogen-bond donors (Lipinski definition) is 0. The smallest absolute Gasteiger partial charge is 0.0155 e. The molecule has 0 aliphatic heterocycles. The first-order valence-corrected chi connectivity index (χ1v) is 9.20. The summed E-state index contributed by atoms with van der Waals surface area (Å²) in [7, 11) is 0. The molecule has 0 heteroatoms. The van der Waals surface area contributed by atoms with Gasteiger partial charge in [-0.15, -0.1) is 0 Å². The normalized spacial score (nSPS) is 8.41. The first-order valence-electron chi connectivity index (χ1n) is 9.20. The third kappa shape index (κ3) is 8.52. The zero-order valence-corrected chi connectivity index (χ0v) is 15.8. The molecule has 0 N–H and O–H groups in total. The zero-order chi connectivity index (χ0) is 18.1. The van der Waals surface area contributed by atoms with Gasteiger partial charge in [0.15, 0.2) is 0 Å². The molecule has 0 heterocycles. The SMILES string of the molecule is C.C.C.C.CC.CCc1ccc2ccccc2c1.Cc1cccc2ccccc12. The molecule has 0 fully saturated rings. The van der Waals surface area contributed by atoms with Crippen LogP contribution in [0.4, 0.5) is 0 Å². The monoisotopic (exact) mass is 392 g/mol. The Kier molecular flexibility index (Phi) is 17.6. The predicted octanol–water partition coefficient (Wildman–Crippen LogP) is 10.1. The van der Waals surface area contributed by atoms with E-state index in [1.807, 2.05) is 13.8 Å². The number of fused-ring (bicyclic) bond motifs is 2. The molecule has 160 valence electrons. The highest BCUT2D eigenvalue weighted by atomic mass is 14.0. The first kappa shape index (κ1) is 31.1. The van der Waals surface area contributed by atoms with E-state index in [0.29, 0.717) is 0 Å². The fourth-order valence-electron chi connectivity index (χ4n) is 2.85. The molecule has 0 aliphatic rings. The molecule has 0 aliphatic carbocycles. The average Bonchev–Trinajstić information content (AvgIpc) is 2.70. The van der Waals surface area contributed by atoms with Gasteiger partial charge in [0, 0.05) is 0 Å². The van der Waals surface area contributed by atoms with Gasteiger partial charge < -0.3 is 0 Å². The van der Waals surface area contributed by atoms with Gasteiger partial charge in [0.25, 0.3) is 0 Å². The van der Waals surface area contributed by atoms with Crippen LogP contribution in [0.3, 0.4) is 0 Å². The van der Waals surface area contributed by atoms with Gasteiger partial charge in [0.1, 0.15) is 0 Å². The zero-order valence-electron chi connectivity index (χ0n) is 15.8. The van der Waals surface area contributed by atoms with Crippen molar-refractivity contribution < 1.29 is 0 Å². The molecule has 0 aromatic heterocycles. The van der Waals surface area contributed by atoms with Gasteiger partial charge in [-0.1, -0.05) is 135 Å². The van der Waals surface area contributed by atoms with Crippen molar-refractivity contribution in [1.29, 1.82) is 0 Å². The summed E-state index contributed by atoms with van der Waals surface area (Å²) in [6.45, 7) is 8.33. The quantitative estimate of drug-likeness (QED) is 0.302. The molecule has 4 rings (SSSR count). The Morgan fingerprint density at radius 1 is 0.552 bits per heavy atom. The van der Waals surface area contributed by atoms with Crippen molar-refractivity contribution in [2.45, 2.75) is 63.8 Å². The maximum atomic E-state index is 2.26. The van der Waals surface area contributed by atoms with Crippen LogP contribution in [0, 0.1) is 6.92 Å². The predicted molar refractivity (Wildman–Crippen MR) is 140 cm³/mol. The van der Waals surface area contributed by atoms with Crippen LogP contribution in [-0.2, 0) is 6.42 Å². The Morgan fingerprint density at radius 3 is 1.66 bits per heavy atom. The summed E-state index contributed by atoms with van der Waals surface area (Å²) >= 11 is 0. The van der Waals surface area contributed by atoms with Gasteiger partial charge in [-0.2, -0.15) is 0 Å². The molecule has 0 bridgehead atoms. The van der Waals surface area contributed by atoms with Crippen molar-refractivity contribution in [3.63, 3.8) is 0 Å². The van der Waals surface area contributed by atoms with Crippen LogP contribution >= 0.6 is 0 Å². The van der Waals surface area contributed by atoms with Crippen molar-refractivity contribution in [3.8, 4) is 0 Å². The first-order chi connectivity index (χ1) is 12.3. The van der Waals surface area contributed by atoms with E-state index in [9.17, 15) is 0 Å². The fourth-order valence-corrected chi connectivity index (χ4v) is 2.85. The Hall–Kier alpha value is -2.60. The molecule has 4 aromatic carbocycles. The third-order valence-corrected chi connectivity index (χ3v) is 4.23. The molecule has 0 saturated heterocycles. The molecule has 29 heavy (non-hydrogen) atoms. The standard InChI is InChI=1S/C12H12.C11H10.C2H6.4CH4/c1-2-10-7-8-11-5-3-4-6-12(11)9-10;1-9-5-4-7-10-6-2-3-8-11(9)10;1-2;;;;/h3-9H,2H2,1H3;2-8H,1H3;1-2H3;4*1H4. The van der Waals surface area contributed by atoms with E-state index >= 15 is 0 Å². The second-order valence-electron chi connectivity index (χ2n) is 5.83. The van der Waals surface area contributed by atoms with Crippen molar-refractivity contribution in [3.05, 3.63) is 96.1 Å². The van der Waals surface area contributed by atoms with E-state index in [-0.39, 0.29) is 29.7 Å². The summed E-state index contributed by atoms with van der Waals surface area (Å²) in [5.41, 5.74) is 2.76. The number of benzene rings is 4. The summed E-state index contributed by atoms with van der Waals surface area (Å²) in [5, 5.41) is 5.36. The molecule has 0 spiro atoms. The van der Waals surface area contributed by atoms with Crippen LogP contribution in [0.25, 0.3) is 21.5 Å². The Labute approximate surface area is 181 Å². The highest BCUT2D eigenvalue weighted by Gasteiger charge is 1.93. The summed E-state index contributed by atoms with van der Waals surface area (Å²) in [5.74, 6) is 0. The average molecular weight is 393 g/mol. The fraction of sp³-hybridized carbons (Fsp3) is 0.310. The van der Waals surface area contributed by atoms with Gasteiger partial charge >= 0.3 is 0 Å². The van der Waals surface area contributed by atoms with Crippen LogP contribution in [0.5, 0.6) is 0 Å². The molecular weight excluding hydrogens is 348 g/mol. The van der Waals surface area contributed by atoms with Gasteiger partial charge in [0.2, 0.25) is 0 Å². The third-order valence-electron chi connectivity index (χ3n) is 4.23. The molecule has 0 amide bonds. The van der Waals surface area contributed by atoms with E-state index in [4.69, 9.17) is 0 Å². The lowest BCUT2D eigenvalue weighted by Crippen LogP contribution is -1.79. The largest absolute Gasteiger partial charge is 0.0776 e. The summed E-state index contributed by atoms with van der Waals surface area (Å²) in [6, 6.07) is 29.9. The highest BCUT2D eigenvalue weighted by molar-refractivity contribution is 5.85. The maximum Gasteiger partial charge on any atom is -0.0155 e. The lowest BCUT2D eigenvalue weighted by Gasteiger charge is -1.99. The topological polar surface area (TPSA) is 0 Å². The minimum atomic E-state index is 0.